The van der Waals surface area contributed by atoms with E-state index >= 15 is 0 Å². The minimum atomic E-state index is -0.650. The van der Waals surface area contributed by atoms with Gasteiger partial charge in [-0.1, -0.05) is 42.5 Å². The standard InChI is InChI=1S/C26H25N5O4/c27-24-22-21(30-26(31(22)12-11-29-24)17-9-10-18(13-32)35-14-17)15-5-7-16(8-6-15)23(33)19-3-1-2-4-20(19)25(28)34/h1-8,11-12,17-18,32H,9-10,13-14H2,(H2,27,29)(H2,28,34). The summed E-state index contributed by atoms with van der Waals surface area (Å²) < 4.78 is 7.72. The number of aliphatic hydroxyl groups excluding tert-OH is 1. The Bertz CT molecular complexity index is 1410. The second kappa shape index (κ2) is 9.28. The highest BCUT2D eigenvalue weighted by Gasteiger charge is 2.28. The Morgan fingerprint density at radius 1 is 1.09 bits per heavy atom. The summed E-state index contributed by atoms with van der Waals surface area (Å²) in [6.07, 6.45) is 4.89. The van der Waals surface area contributed by atoms with Crippen molar-refractivity contribution in [1.82, 2.24) is 14.4 Å². The van der Waals surface area contributed by atoms with Gasteiger partial charge in [0, 0.05) is 35.0 Å². The summed E-state index contributed by atoms with van der Waals surface area (Å²) in [6.45, 7) is 0.463. The Balaban J connectivity index is 1.51. The molecule has 9 heteroatoms. The molecule has 9 nitrogen and oxygen atoms in total. The fourth-order valence-corrected chi connectivity index (χ4v) is 4.56. The molecule has 5 N–H and O–H groups in total. The monoisotopic (exact) mass is 471 g/mol. The highest BCUT2D eigenvalue weighted by atomic mass is 16.5. The van der Waals surface area contributed by atoms with E-state index in [-0.39, 0.29) is 35.5 Å². The van der Waals surface area contributed by atoms with Crippen LogP contribution in [0.4, 0.5) is 5.82 Å². The first kappa shape index (κ1) is 22.7. The normalized spacial score (nSPS) is 18.0. The van der Waals surface area contributed by atoms with Crippen molar-refractivity contribution >= 4 is 23.0 Å². The zero-order valence-corrected chi connectivity index (χ0v) is 18.9. The van der Waals surface area contributed by atoms with Crippen LogP contribution in [0.3, 0.4) is 0 Å². The highest BCUT2D eigenvalue weighted by molar-refractivity contribution is 6.15. The number of nitrogen functional groups attached to an aromatic ring is 1. The van der Waals surface area contributed by atoms with E-state index in [2.05, 4.69) is 4.98 Å². The SMILES string of the molecule is NC(=O)c1ccccc1C(=O)c1ccc(-c2nc(C3CCC(CO)OC3)n3ccnc(N)c23)cc1. The van der Waals surface area contributed by atoms with Gasteiger partial charge in [-0.15, -0.1) is 0 Å². The Morgan fingerprint density at radius 2 is 1.83 bits per heavy atom. The van der Waals surface area contributed by atoms with Crippen molar-refractivity contribution in [2.75, 3.05) is 18.9 Å². The van der Waals surface area contributed by atoms with E-state index in [1.54, 1.807) is 48.7 Å². The first-order valence-electron chi connectivity index (χ1n) is 11.4. The molecule has 2 aromatic heterocycles. The van der Waals surface area contributed by atoms with Gasteiger partial charge < -0.3 is 21.3 Å². The molecule has 2 aromatic carbocycles. The van der Waals surface area contributed by atoms with Gasteiger partial charge in [0.25, 0.3) is 0 Å². The number of nitrogens with zero attached hydrogens (tertiary/aromatic N) is 3. The fourth-order valence-electron chi connectivity index (χ4n) is 4.56. The summed E-state index contributed by atoms with van der Waals surface area (Å²) in [5.74, 6) is 0.271. The molecule has 1 amide bonds. The van der Waals surface area contributed by atoms with Gasteiger partial charge in [-0.25, -0.2) is 9.97 Å². The van der Waals surface area contributed by atoms with Crippen LogP contribution in [0.1, 0.15) is 50.9 Å². The Hall–Kier alpha value is -4.08. The molecule has 2 unspecified atom stereocenters. The lowest BCUT2D eigenvalue weighted by atomic mass is 9.97. The van der Waals surface area contributed by atoms with Crippen molar-refractivity contribution in [3.8, 4) is 11.3 Å². The predicted molar refractivity (Wildman–Crippen MR) is 130 cm³/mol. The zero-order chi connectivity index (χ0) is 24.5. The molecule has 0 aliphatic carbocycles. The lowest BCUT2D eigenvalue weighted by molar-refractivity contribution is -0.0282. The van der Waals surface area contributed by atoms with Crippen molar-refractivity contribution < 1.29 is 19.4 Å². The van der Waals surface area contributed by atoms with Gasteiger partial charge in [-0.3, -0.25) is 14.0 Å². The number of anilines is 1. The molecule has 2 atom stereocenters. The maximum absolute atomic E-state index is 13.1. The van der Waals surface area contributed by atoms with E-state index in [1.807, 2.05) is 10.6 Å². The van der Waals surface area contributed by atoms with E-state index in [1.165, 1.54) is 6.07 Å². The number of hydrogen-bond donors (Lipinski definition) is 3. The molecule has 1 aliphatic heterocycles. The van der Waals surface area contributed by atoms with Crippen LogP contribution < -0.4 is 11.5 Å². The Morgan fingerprint density at radius 3 is 2.49 bits per heavy atom. The third kappa shape index (κ3) is 4.16. The second-order valence-corrected chi connectivity index (χ2v) is 8.58. The maximum atomic E-state index is 13.1. The number of amides is 1. The molecule has 1 aliphatic rings. The maximum Gasteiger partial charge on any atom is 0.249 e. The number of nitrogens with two attached hydrogens (primary N) is 2. The van der Waals surface area contributed by atoms with Crippen LogP contribution in [0, 0.1) is 0 Å². The number of carbonyl (C=O) groups excluding carboxylic acids is 2. The van der Waals surface area contributed by atoms with Crippen LogP contribution in [-0.4, -0.2) is 50.5 Å². The fraction of sp³-hybridized carbons (Fsp3) is 0.231. The number of ketones is 1. The van der Waals surface area contributed by atoms with E-state index < -0.39 is 5.91 Å². The first-order valence-corrected chi connectivity index (χ1v) is 11.4. The largest absolute Gasteiger partial charge is 0.394 e. The van der Waals surface area contributed by atoms with Crippen LogP contribution in [0.15, 0.2) is 60.9 Å². The quantitative estimate of drug-likeness (QED) is 0.366. The molecular weight excluding hydrogens is 446 g/mol. The minimum absolute atomic E-state index is 0.00610. The average Bonchev–Trinajstić information content (AvgIpc) is 3.29. The molecule has 0 saturated carbocycles. The van der Waals surface area contributed by atoms with Crippen molar-refractivity contribution in [3.05, 3.63) is 83.4 Å². The number of imidazole rings is 1. The van der Waals surface area contributed by atoms with Gasteiger partial charge >= 0.3 is 0 Å². The van der Waals surface area contributed by atoms with Crippen molar-refractivity contribution in [3.63, 3.8) is 0 Å². The number of hydrogen-bond acceptors (Lipinski definition) is 7. The highest BCUT2D eigenvalue weighted by Crippen LogP contribution is 2.34. The van der Waals surface area contributed by atoms with Gasteiger partial charge in [0.15, 0.2) is 5.78 Å². The third-order valence-electron chi connectivity index (χ3n) is 6.41. The summed E-state index contributed by atoms with van der Waals surface area (Å²) in [4.78, 5) is 34.0. The molecule has 5 rings (SSSR count). The molecule has 178 valence electrons. The van der Waals surface area contributed by atoms with E-state index in [4.69, 9.17) is 21.2 Å². The van der Waals surface area contributed by atoms with Crippen molar-refractivity contribution in [2.45, 2.75) is 24.9 Å². The van der Waals surface area contributed by atoms with Crippen molar-refractivity contribution in [1.29, 1.82) is 0 Å². The lowest BCUT2D eigenvalue weighted by Crippen LogP contribution is -2.28. The summed E-state index contributed by atoms with van der Waals surface area (Å²) in [5, 5.41) is 9.37. The molecule has 1 fully saturated rings. The number of benzene rings is 2. The van der Waals surface area contributed by atoms with E-state index in [9.17, 15) is 14.7 Å². The number of aliphatic hydroxyl groups is 1. The van der Waals surface area contributed by atoms with Gasteiger partial charge in [0.1, 0.15) is 22.9 Å². The molecule has 4 aromatic rings. The van der Waals surface area contributed by atoms with E-state index in [0.717, 1.165) is 24.2 Å². The summed E-state index contributed by atoms with van der Waals surface area (Å²) in [7, 11) is 0. The molecule has 3 heterocycles. The molecule has 1 saturated heterocycles. The van der Waals surface area contributed by atoms with Crippen LogP contribution in [0.25, 0.3) is 16.8 Å². The Labute approximate surface area is 201 Å². The lowest BCUT2D eigenvalue weighted by Gasteiger charge is -2.27. The number of carbonyl (C=O) groups is 2. The molecule has 35 heavy (non-hydrogen) atoms. The first-order chi connectivity index (χ1) is 17.0. The van der Waals surface area contributed by atoms with Crippen LogP contribution >= 0.6 is 0 Å². The molecule has 0 spiro atoms. The van der Waals surface area contributed by atoms with Gasteiger partial charge in [0.2, 0.25) is 5.91 Å². The molecular formula is C26H25N5O4. The van der Waals surface area contributed by atoms with Crippen molar-refractivity contribution in [2.24, 2.45) is 5.73 Å². The second-order valence-electron chi connectivity index (χ2n) is 8.58. The van der Waals surface area contributed by atoms with E-state index in [0.29, 0.717) is 29.2 Å². The van der Waals surface area contributed by atoms with Crippen LogP contribution in [0.5, 0.6) is 0 Å². The number of aromatic nitrogens is 3. The number of rotatable bonds is 6. The van der Waals surface area contributed by atoms with Gasteiger partial charge in [-0.05, 0) is 18.9 Å². The predicted octanol–water partition coefficient (Wildman–Crippen LogP) is 2.56. The summed E-state index contributed by atoms with van der Waals surface area (Å²) in [6, 6.07) is 13.5. The molecule has 0 radical (unpaired) electrons. The third-order valence-corrected chi connectivity index (χ3v) is 6.41. The Kier molecular flexibility index (Phi) is 6.02. The molecule has 0 bridgehead atoms. The van der Waals surface area contributed by atoms with Gasteiger partial charge in [0.05, 0.1) is 24.9 Å². The summed E-state index contributed by atoms with van der Waals surface area (Å²) in [5.41, 5.74) is 14.7. The smallest absolute Gasteiger partial charge is 0.249 e. The number of ether oxygens (including phenoxy) is 1. The van der Waals surface area contributed by atoms with Crippen LogP contribution in [0.2, 0.25) is 0 Å². The topological polar surface area (TPSA) is 146 Å². The summed E-state index contributed by atoms with van der Waals surface area (Å²) >= 11 is 0. The zero-order valence-electron chi connectivity index (χ0n) is 18.9. The van der Waals surface area contributed by atoms with Gasteiger partial charge in [-0.2, -0.15) is 0 Å². The average molecular weight is 472 g/mol. The number of primary amides is 1. The number of fused-ring (bicyclic) bond motifs is 1. The minimum Gasteiger partial charge on any atom is -0.394 e. The van der Waals surface area contributed by atoms with Crippen LogP contribution in [-0.2, 0) is 4.74 Å².